The first kappa shape index (κ1) is 14.6. The lowest BCUT2D eigenvalue weighted by molar-refractivity contribution is 0.0980. The van der Waals surface area contributed by atoms with Crippen molar-refractivity contribution in [2.24, 2.45) is 0 Å². The van der Waals surface area contributed by atoms with Gasteiger partial charge in [0, 0.05) is 17.8 Å². The molecule has 1 amide bonds. The fourth-order valence-electron chi connectivity index (χ4n) is 2.88. The molecular weight excluding hydrogens is 274 g/mol. The van der Waals surface area contributed by atoms with E-state index in [1.54, 1.807) is 7.11 Å². The molecule has 3 rings (SSSR count). The Balaban J connectivity index is 1.89. The Hall–Kier alpha value is -2.29. The molecule has 0 saturated carbocycles. The van der Waals surface area contributed by atoms with Crippen LogP contribution in [-0.4, -0.2) is 19.6 Å². The van der Waals surface area contributed by atoms with Crippen LogP contribution < -0.4 is 9.64 Å². The average Bonchev–Trinajstić information content (AvgIpc) is 2.55. The van der Waals surface area contributed by atoms with Crippen LogP contribution in [0.4, 0.5) is 5.69 Å². The summed E-state index contributed by atoms with van der Waals surface area (Å²) < 4.78 is 5.24. The molecule has 0 unspecified atom stereocenters. The quantitative estimate of drug-likeness (QED) is 0.856. The van der Waals surface area contributed by atoms with Gasteiger partial charge >= 0.3 is 0 Å². The molecule has 0 N–H and O–H groups in total. The third-order valence-corrected chi connectivity index (χ3v) is 4.26. The van der Waals surface area contributed by atoms with E-state index in [9.17, 15) is 4.79 Å². The zero-order chi connectivity index (χ0) is 15.7. The summed E-state index contributed by atoms with van der Waals surface area (Å²) in [6.07, 6.45) is 0.851. The predicted octanol–water partition coefficient (Wildman–Crippen LogP) is 4.02. The first-order chi connectivity index (χ1) is 10.6. The number of anilines is 1. The van der Waals surface area contributed by atoms with Crippen molar-refractivity contribution in [3.8, 4) is 5.75 Å². The van der Waals surface area contributed by atoms with Crippen LogP contribution in [0.5, 0.6) is 5.75 Å². The molecular formula is C19H21NO2. The molecule has 0 radical (unpaired) electrons. The Labute approximate surface area is 131 Å². The van der Waals surface area contributed by atoms with Crippen molar-refractivity contribution in [1.82, 2.24) is 0 Å². The maximum absolute atomic E-state index is 12.7. The summed E-state index contributed by atoms with van der Waals surface area (Å²) in [6.45, 7) is 5.05. The first-order valence-electron chi connectivity index (χ1n) is 7.69. The van der Waals surface area contributed by atoms with Crippen molar-refractivity contribution in [2.75, 3.05) is 18.6 Å². The molecule has 0 bridgehead atoms. The van der Waals surface area contributed by atoms with E-state index in [-0.39, 0.29) is 5.91 Å². The van der Waals surface area contributed by atoms with Crippen molar-refractivity contribution >= 4 is 11.6 Å². The normalized spacial score (nSPS) is 14.2. The zero-order valence-electron chi connectivity index (χ0n) is 13.3. The van der Waals surface area contributed by atoms with E-state index in [0.29, 0.717) is 12.5 Å². The lowest BCUT2D eigenvalue weighted by Gasteiger charge is -2.29. The highest BCUT2D eigenvalue weighted by Crippen LogP contribution is 2.28. The van der Waals surface area contributed by atoms with Gasteiger partial charge in [-0.1, -0.05) is 26.0 Å². The molecule has 2 aromatic rings. The summed E-state index contributed by atoms with van der Waals surface area (Å²) in [7, 11) is 1.65. The van der Waals surface area contributed by atoms with Gasteiger partial charge in [0.05, 0.1) is 7.11 Å². The summed E-state index contributed by atoms with van der Waals surface area (Å²) in [5, 5.41) is 0. The molecule has 114 valence electrons. The van der Waals surface area contributed by atoms with Gasteiger partial charge in [-0.15, -0.1) is 0 Å². The van der Waals surface area contributed by atoms with Gasteiger partial charge in [-0.3, -0.25) is 4.79 Å². The van der Waals surface area contributed by atoms with E-state index >= 15 is 0 Å². The number of hydrogen-bond acceptors (Lipinski definition) is 2. The Kier molecular flexibility index (Phi) is 3.88. The van der Waals surface area contributed by atoms with Crippen LogP contribution in [0.1, 0.15) is 41.3 Å². The van der Waals surface area contributed by atoms with Crippen LogP contribution in [0, 0.1) is 0 Å². The SMILES string of the molecule is COc1ccc2c(c1)CCN(c1ccc(C(C)C)cc1)C2=O. The Morgan fingerprint density at radius 3 is 2.45 bits per heavy atom. The molecule has 1 heterocycles. The second kappa shape index (κ2) is 5.84. The Morgan fingerprint density at radius 2 is 1.82 bits per heavy atom. The minimum atomic E-state index is 0.0706. The van der Waals surface area contributed by atoms with Gasteiger partial charge in [-0.25, -0.2) is 0 Å². The van der Waals surface area contributed by atoms with Gasteiger partial charge in [0.15, 0.2) is 0 Å². The fourth-order valence-corrected chi connectivity index (χ4v) is 2.88. The maximum atomic E-state index is 12.7. The lowest BCUT2D eigenvalue weighted by atomic mass is 9.97. The van der Waals surface area contributed by atoms with Crippen LogP contribution in [0.3, 0.4) is 0 Å². The molecule has 0 spiro atoms. The zero-order valence-corrected chi connectivity index (χ0v) is 13.3. The number of carbonyl (C=O) groups is 1. The first-order valence-corrected chi connectivity index (χ1v) is 7.69. The molecule has 0 fully saturated rings. The van der Waals surface area contributed by atoms with Gasteiger partial charge in [0.2, 0.25) is 0 Å². The van der Waals surface area contributed by atoms with Crippen LogP contribution in [0.2, 0.25) is 0 Å². The molecule has 0 aliphatic carbocycles. The molecule has 0 atom stereocenters. The molecule has 3 nitrogen and oxygen atoms in total. The van der Waals surface area contributed by atoms with E-state index in [4.69, 9.17) is 4.74 Å². The van der Waals surface area contributed by atoms with Crippen molar-refractivity contribution in [3.05, 3.63) is 59.2 Å². The number of benzene rings is 2. The van der Waals surface area contributed by atoms with Gasteiger partial charge in [0.1, 0.15) is 5.75 Å². The third-order valence-electron chi connectivity index (χ3n) is 4.26. The van der Waals surface area contributed by atoms with Gasteiger partial charge in [-0.2, -0.15) is 0 Å². The van der Waals surface area contributed by atoms with Gasteiger partial charge in [0.25, 0.3) is 5.91 Å². The Morgan fingerprint density at radius 1 is 1.09 bits per heavy atom. The Bertz CT molecular complexity index is 689. The maximum Gasteiger partial charge on any atom is 0.258 e. The summed E-state index contributed by atoms with van der Waals surface area (Å²) >= 11 is 0. The number of carbonyl (C=O) groups excluding carboxylic acids is 1. The molecule has 1 aliphatic heterocycles. The van der Waals surface area contributed by atoms with Crippen molar-refractivity contribution in [3.63, 3.8) is 0 Å². The molecule has 3 heteroatoms. The third kappa shape index (κ3) is 2.59. The number of methoxy groups -OCH3 is 1. The van der Waals surface area contributed by atoms with Gasteiger partial charge < -0.3 is 9.64 Å². The van der Waals surface area contributed by atoms with Crippen molar-refractivity contribution in [1.29, 1.82) is 0 Å². The number of fused-ring (bicyclic) bond motifs is 1. The summed E-state index contributed by atoms with van der Waals surface area (Å²) in [6, 6.07) is 14.0. The van der Waals surface area contributed by atoms with Crippen molar-refractivity contribution < 1.29 is 9.53 Å². The van der Waals surface area contributed by atoms with Crippen molar-refractivity contribution in [2.45, 2.75) is 26.2 Å². The summed E-state index contributed by atoms with van der Waals surface area (Å²) in [4.78, 5) is 14.6. The van der Waals surface area contributed by atoms with E-state index in [2.05, 4.69) is 26.0 Å². The monoisotopic (exact) mass is 295 g/mol. The minimum Gasteiger partial charge on any atom is -0.497 e. The number of nitrogens with zero attached hydrogens (tertiary/aromatic N) is 1. The van der Waals surface area contributed by atoms with E-state index in [1.165, 1.54) is 5.56 Å². The van der Waals surface area contributed by atoms with Crippen LogP contribution in [0.25, 0.3) is 0 Å². The average molecular weight is 295 g/mol. The molecule has 22 heavy (non-hydrogen) atoms. The highest BCUT2D eigenvalue weighted by molar-refractivity contribution is 6.08. The number of ether oxygens (including phenoxy) is 1. The molecule has 0 saturated heterocycles. The van der Waals surface area contributed by atoms with E-state index in [0.717, 1.165) is 29.0 Å². The number of rotatable bonds is 3. The largest absolute Gasteiger partial charge is 0.497 e. The van der Waals surface area contributed by atoms with Crippen LogP contribution in [0.15, 0.2) is 42.5 Å². The van der Waals surface area contributed by atoms with E-state index in [1.807, 2.05) is 35.2 Å². The smallest absolute Gasteiger partial charge is 0.258 e. The van der Waals surface area contributed by atoms with Crippen LogP contribution in [-0.2, 0) is 6.42 Å². The molecule has 2 aromatic carbocycles. The second-order valence-electron chi connectivity index (χ2n) is 5.98. The number of hydrogen-bond donors (Lipinski definition) is 0. The highest BCUT2D eigenvalue weighted by atomic mass is 16.5. The fraction of sp³-hybridized carbons (Fsp3) is 0.316. The van der Waals surface area contributed by atoms with E-state index < -0.39 is 0 Å². The summed E-state index contributed by atoms with van der Waals surface area (Å²) in [5.74, 6) is 1.38. The minimum absolute atomic E-state index is 0.0706. The topological polar surface area (TPSA) is 29.5 Å². The summed E-state index contributed by atoms with van der Waals surface area (Å²) in [5.41, 5.74) is 4.11. The standard InChI is InChI=1S/C19H21NO2/c1-13(2)14-4-6-16(7-5-14)20-11-10-15-12-17(22-3)8-9-18(15)19(20)21/h4-9,12-13H,10-11H2,1-3H3. The van der Waals surface area contributed by atoms with Crippen LogP contribution >= 0.6 is 0 Å². The predicted molar refractivity (Wildman–Crippen MR) is 88.9 cm³/mol. The lowest BCUT2D eigenvalue weighted by Crippen LogP contribution is -2.37. The second-order valence-corrected chi connectivity index (χ2v) is 5.98. The van der Waals surface area contributed by atoms with Gasteiger partial charge in [-0.05, 0) is 53.8 Å². The molecule has 1 aliphatic rings. The molecule has 0 aromatic heterocycles. The highest BCUT2D eigenvalue weighted by Gasteiger charge is 2.25. The number of amides is 1.